The van der Waals surface area contributed by atoms with Crippen LogP contribution in [0.1, 0.15) is 0 Å². The Labute approximate surface area is 263 Å². The van der Waals surface area contributed by atoms with Gasteiger partial charge in [0, 0.05) is 67.2 Å². The fraction of sp³-hybridized carbons (Fsp3) is 0. The number of para-hydroxylation sites is 4. The van der Waals surface area contributed by atoms with Crippen molar-refractivity contribution < 1.29 is 8.83 Å². The standard InChI is InChI=1S/C42H26N2O2/c1-5-13-37-31(9-1)32-10-2-6-14-38(32)44(37)28-19-17-27(18-20-28)43(29-21-23-35-33-11-3-7-15-39(33)45-41(35)25-29)30-22-24-36-34-12-4-8-16-40(34)46-42(36)26-30/h1-26H. The zero-order valence-corrected chi connectivity index (χ0v) is 24.7. The van der Waals surface area contributed by atoms with Gasteiger partial charge in [-0.1, -0.05) is 72.8 Å². The average molecular weight is 591 g/mol. The number of nitrogens with zero attached hydrogens (tertiary/aromatic N) is 2. The van der Waals surface area contributed by atoms with E-state index in [2.05, 4.69) is 143 Å². The number of furan rings is 2. The maximum absolute atomic E-state index is 6.33. The summed E-state index contributed by atoms with van der Waals surface area (Å²) in [5.74, 6) is 0. The fourth-order valence-electron chi connectivity index (χ4n) is 7.11. The van der Waals surface area contributed by atoms with Crippen molar-refractivity contribution in [2.24, 2.45) is 0 Å². The number of rotatable bonds is 4. The topological polar surface area (TPSA) is 34.5 Å². The molecule has 0 N–H and O–H groups in total. The molecule has 0 amide bonds. The minimum Gasteiger partial charge on any atom is -0.456 e. The molecule has 216 valence electrons. The Hall–Kier alpha value is -6.26. The molecule has 0 unspecified atom stereocenters. The predicted molar refractivity (Wildman–Crippen MR) is 190 cm³/mol. The van der Waals surface area contributed by atoms with Crippen molar-refractivity contribution in [3.63, 3.8) is 0 Å². The second-order valence-electron chi connectivity index (χ2n) is 11.8. The lowest BCUT2D eigenvalue weighted by Gasteiger charge is -2.25. The maximum Gasteiger partial charge on any atom is 0.137 e. The van der Waals surface area contributed by atoms with Crippen LogP contribution >= 0.6 is 0 Å². The van der Waals surface area contributed by atoms with Gasteiger partial charge in [-0.15, -0.1) is 0 Å². The summed E-state index contributed by atoms with van der Waals surface area (Å²) in [6.07, 6.45) is 0. The molecular weight excluding hydrogens is 564 g/mol. The van der Waals surface area contributed by atoms with Gasteiger partial charge < -0.3 is 18.3 Å². The Balaban J connectivity index is 1.16. The third kappa shape index (κ3) is 3.67. The van der Waals surface area contributed by atoms with Crippen molar-refractivity contribution in [3.8, 4) is 5.69 Å². The van der Waals surface area contributed by atoms with Crippen LogP contribution in [0, 0.1) is 0 Å². The van der Waals surface area contributed by atoms with E-state index in [-0.39, 0.29) is 0 Å². The lowest BCUT2D eigenvalue weighted by atomic mass is 10.1. The molecule has 4 nitrogen and oxygen atoms in total. The largest absolute Gasteiger partial charge is 0.456 e. The van der Waals surface area contributed by atoms with E-state index in [1.165, 1.54) is 21.8 Å². The van der Waals surface area contributed by atoms with Crippen molar-refractivity contribution in [3.05, 3.63) is 158 Å². The molecule has 0 saturated carbocycles. The summed E-state index contributed by atoms with van der Waals surface area (Å²) < 4.78 is 15.0. The second-order valence-corrected chi connectivity index (χ2v) is 11.8. The van der Waals surface area contributed by atoms with E-state index < -0.39 is 0 Å². The summed E-state index contributed by atoms with van der Waals surface area (Å²) in [4.78, 5) is 2.27. The molecule has 0 radical (unpaired) electrons. The van der Waals surface area contributed by atoms with E-state index >= 15 is 0 Å². The number of fused-ring (bicyclic) bond motifs is 9. The van der Waals surface area contributed by atoms with Crippen LogP contribution in [0.2, 0.25) is 0 Å². The summed E-state index contributed by atoms with van der Waals surface area (Å²) in [6.45, 7) is 0. The molecule has 0 aliphatic rings. The molecule has 10 aromatic rings. The van der Waals surface area contributed by atoms with Gasteiger partial charge in [-0.05, 0) is 72.8 Å². The normalized spacial score (nSPS) is 11.9. The van der Waals surface area contributed by atoms with Crippen molar-refractivity contribution in [1.82, 2.24) is 4.57 Å². The van der Waals surface area contributed by atoms with Crippen molar-refractivity contribution in [2.75, 3.05) is 4.90 Å². The van der Waals surface area contributed by atoms with Crippen LogP contribution in [0.3, 0.4) is 0 Å². The highest BCUT2D eigenvalue weighted by molar-refractivity contribution is 6.10. The van der Waals surface area contributed by atoms with Gasteiger partial charge in [-0.2, -0.15) is 0 Å². The van der Waals surface area contributed by atoms with Crippen molar-refractivity contribution in [1.29, 1.82) is 0 Å². The molecule has 0 saturated heterocycles. The predicted octanol–water partition coefficient (Wildman–Crippen LogP) is 12.1. The summed E-state index contributed by atoms with van der Waals surface area (Å²) in [6, 6.07) is 55.4. The number of benzene rings is 7. The SMILES string of the molecule is c1ccc2c(c1)oc1cc(N(c3ccc(-n4c5ccccc5c5ccccc54)cc3)c3ccc4c(c3)oc3ccccc34)ccc12. The van der Waals surface area contributed by atoms with Gasteiger partial charge in [0.2, 0.25) is 0 Å². The van der Waals surface area contributed by atoms with Crippen LogP contribution in [0.15, 0.2) is 167 Å². The third-order valence-corrected chi connectivity index (χ3v) is 9.19. The summed E-state index contributed by atoms with van der Waals surface area (Å²) in [5.41, 5.74) is 10.0. The molecule has 3 aromatic heterocycles. The molecule has 3 heterocycles. The number of aromatic nitrogens is 1. The van der Waals surface area contributed by atoms with Gasteiger partial charge in [0.1, 0.15) is 22.3 Å². The molecule has 7 aromatic carbocycles. The Bertz CT molecular complexity index is 2600. The third-order valence-electron chi connectivity index (χ3n) is 9.19. The molecular formula is C42H26N2O2. The van der Waals surface area contributed by atoms with Crippen LogP contribution in [-0.2, 0) is 0 Å². The highest BCUT2D eigenvalue weighted by Gasteiger charge is 2.18. The average Bonchev–Trinajstić information content (AvgIpc) is 3.78. The smallest absolute Gasteiger partial charge is 0.137 e. The van der Waals surface area contributed by atoms with Crippen LogP contribution in [-0.4, -0.2) is 4.57 Å². The zero-order chi connectivity index (χ0) is 30.2. The minimum absolute atomic E-state index is 0.857. The number of anilines is 3. The first kappa shape index (κ1) is 25.1. The summed E-state index contributed by atoms with van der Waals surface area (Å²) in [7, 11) is 0. The van der Waals surface area contributed by atoms with E-state index in [0.717, 1.165) is 66.6 Å². The first-order valence-electron chi connectivity index (χ1n) is 15.5. The second kappa shape index (κ2) is 9.62. The van der Waals surface area contributed by atoms with Crippen LogP contribution in [0.25, 0.3) is 71.4 Å². The van der Waals surface area contributed by atoms with Gasteiger partial charge in [0.15, 0.2) is 0 Å². The summed E-state index contributed by atoms with van der Waals surface area (Å²) in [5, 5.41) is 6.95. The van der Waals surface area contributed by atoms with Gasteiger partial charge in [0.25, 0.3) is 0 Å². The monoisotopic (exact) mass is 590 g/mol. The van der Waals surface area contributed by atoms with Gasteiger partial charge in [-0.3, -0.25) is 0 Å². The van der Waals surface area contributed by atoms with Gasteiger partial charge >= 0.3 is 0 Å². The Morgan fingerprint density at radius 1 is 0.348 bits per heavy atom. The quantitative estimate of drug-likeness (QED) is 0.204. The molecule has 0 bridgehead atoms. The molecule has 4 heteroatoms. The van der Waals surface area contributed by atoms with E-state index in [9.17, 15) is 0 Å². The lowest BCUT2D eigenvalue weighted by Crippen LogP contribution is -2.10. The van der Waals surface area contributed by atoms with E-state index in [4.69, 9.17) is 8.83 Å². The minimum atomic E-state index is 0.857. The van der Waals surface area contributed by atoms with E-state index in [1.807, 2.05) is 24.3 Å². The van der Waals surface area contributed by atoms with E-state index in [1.54, 1.807) is 0 Å². The Morgan fingerprint density at radius 3 is 1.28 bits per heavy atom. The number of hydrogen-bond acceptors (Lipinski definition) is 3. The molecule has 46 heavy (non-hydrogen) atoms. The molecule has 0 aliphatic heterocycles. The van der Waals surface area contributed by atoms with Gasteiger partial charge in [0.05, 0.1) is 11.0 Å². The molecule has 0 aliphatic carbocycles. The van der Waals surface area contributed by atoms with Crippen molar-refractivity contribution in [2.45, 2.75) is 0 Å². The first-order chi connectivity index (χ1) is 22.8. The van der Waals surface area contributed by atoms with Crippen molar-refractivity contribution >= 4 is 82.7 Å². The summed E-state index contributed by atoms with van der Waals surface area (Å²) >= 11 is 0. The highest BCUT2D eigenvalue weighted by Crippen LogP contribution is 2.41. The van der Waals surface area contributed by atoms with Crippen LogP contribution in [0.5, 0.6) is 0 Å². The highest BCUT2D eigenvalue weighted by atomic mass is 16.3. The zero-order valence-electron chi connectivity index (χ0n) is 24.7. The maximum atomic E-state index is 6.33. The van der Waals surface area contributed by atoms with Gasteiger partial charge in [-0.25, -0.2) is 0 Å². The molecule has 0 atom stereocenters. The Morgan fingerprint density at radius 2 is 0.761 bits per heavy atom. The van der Waals surface area contributed by atoms with E-state index in [0.29, 0.717) is 0 Å². The van der Waals surface area contributed by atoms with Crippen LogP contribution < -0.4 is 4.90 Å². The fourth-order valence-corrected chi connectivity index (χ4v) is 7.11. The Kier molecular flexibility index (Phi) is 5.25. The molecule has 10 rings (SSSR count). The first-order valence-corrected chi connectivity index (χ1v) is 15.5. The van der Waals surface area contributed by atoms with Crippen LogP contribution in [0.4, 0.5) is 17.1 Å². The lowest BCUT2D eigenvalue weighted by molar-refractivity contribution is 0.669. The molecule has 0 fully saturated rings. The number of hydrogen-bond donors (Lipinski definition) is 0. The molecule has 0 spiro atoms.